The van der Waals surface area contributed by atoms with Crippen molar-refractivity contribution in [2.24, 2.45) is 0 Å². The molecule has 198 valence electrons. The van der Waals surface area contributed by atoms with Crippen LogP contribution in [0.1, 0.15) is 153 Å². The molecule has 0 unspecified atom stereocenters. The van der Waals surface area contributed by atoms with Crippen molar-refractivity contribution in [2.45, 2.75) is 119 Å². The number of hydrogen-bond acceptors (Lipinski definition) is 0. The fourth-order valence-corrected chi connectivity index (χ4v) is 5.29. The summed E-state index contributed by atoms with van der Waals surface area (Å²) in [7, 11) is 0. The van der Waals surface area contributed by atoms with Crippen LogP contribution in [0.5, 0.6) is 0 Å². The first-order valence-corrected chi connectivity index (χ1v) is 14.2. The summed E-state index contributed by atoms with van der Waals surface area (Å²) in [5, 5.41) is 0. The van der Waals surface area contributed by atoms with Crippen molar-refractivity contribution in [3.63, 3.8) is 0 Å². The molecule has 0 atom stereocenters. The summed E-state index contributed by atoms with van der Waals surface area (Å²) >= 11 is 0. The molecule has 0 saturated heterocycles. The first-order valence-electron chi connectivity index (χ1n) is 14.2. The second-order valence-electron chi connectivity index (χ2n) is 12.6. The number of hydrogen-bond donors (Lipinski definition) is 0. The van der Waals surface area contributed by atoms with Gasteiger partial charge >= 0.3 is 0 Å². The Balaban J connectivity index is 0.00000361. The minimum absolute atomic E-state index is 0. The summed E-state index contributed by atoms with van der Waals surface area (Å²) < 4.78 is 0. The maximum Gasteiger partial charge on any atom is 0 e. The quantitative estimate of drug-likeness (QED) is 0.242. The Bertz CT molecular complexity index is 1050. The smallest absolute Gasteiger partial charge is 0 e. The molecular formula is C36H51In. The fourth-order valence-electron chi connectivity index (χ4n) is 5.29. The fraction of sp³-hybridized carbons (Fsp3) is 0.500. The summed E-state index contributed by atoms with van der Waals surface area (Å²) in [5.41, 5.74) is 13.9. The van der Waals surface area contributed by atoms with E-state index >= 15 is 0 Å². The molecule has 0 saturated carbocycles. The van der Waals surface area contributed by atoms with E-state index in [1.165, 1.54) is 55.6 Å². The van der Waals surface area contributed by atoms with Gasteiger partial charge in [0.15, 0.2) is 0 Å². The molecular weight excluding hydrogens is 547 g/mol. The Morgan fingerprint density at radius 2 is 0.730 bits per heavy atom. The van der Waals surface area contributed by atoms with E-state index in [0.717, 1.165) is 0 Å². The summed E-state index contributed by atoms with van der Waals surface area (Å²) in [6.07, 6.45) is 0. The molecule has 0 fully saturated rings. The minimum atomic E-state index is 0. The average Bonchev–Trinajstić information content (AvgIpc) is 2.81. The number of benzene rings is 3. The molecule has 0 nitrogen and oxygen atoms in total. The molecule has 4 radical (unpaired) electrons. The number of rotatable bonds is 8. The zero-order valence-corrected chi connectivity index (χ0v) is 28.9. The minimum Gasteiger partial charge on any atom is -0.0610 e. The van der Waals surface area contributed by atoms with E-state index in [2.05, 4.69) is 132 Å². The molecule has 0 heterocycles. The first kappa shape index (κ1) is 31.7. The molecule has 0 aliphatic rings. The normalized spacial score (nSPS) is 11.9. The summed E-state index contributed by atoms with van der Waals surface area (Å²) in [6, 6.07) is 20.6. The van der Waals surface area contributed by atoms with Crippen molar-refractivity contribution in [3.05, 3.63) is 81.9 Å². The van der Waals surface area contributed by atoms with E-state index in [1.54, 1.807) is 0 Å². The zero-order chi connectivity index (χ0) is 26.9. The van der Waals surface area contributed by atoms with E-state index in [-0.39, 0.29) is 27.3 Å². The van der Waals surface area contributed by atoms with Crippen LogP contribution in [-0.4, -0.2) is 25.8 Å². The molecule has 3 aromatic carbocycles. The molecule has 0 bridgehead atoms. The molecule has 0 aliphatic heterocycles. The summed E-state index contributed by atoms with van der Waals surface area (Å²) in [4.78, 5) is 0. The Morgan fingerprint density at radius 1 is 0.459 bits per heavy atom. The van der Waals surface area contributed by atoms with Gasteiger partial charge in [0, 0.05) is 27.3 Å². The van der Waals surface area contributed by atoms with Crippen LogP contribution in [0.15, 0.2) is 42.5 Å². The second kappa shape index (κ2) is 13.1. The Kier molecular flexibility index (Phi) is 11.2. The molecule has 3 aromatic rings. The van der Waals surface area contributed by atoms with E-state index in [4.69, 9.17) is 0 Å². The third-order valence-corrected chi connectivity index (χ3v) is 7.60. The van der Waals surface area contributed by atoms with Gasteiger partial charge in [-0.2, -0.15) is 0 Å². The molecule has 37 heavy (non-hydrogen) atoms. The maximum absolute atomic E-state index is 3.96. The standard InChI is InChI=1S/C36H49.In.H2/c1-21(2)29-17-31(23(5)6)35(32(18-29)24(7)8)27-14-13-15-28(16-27)36-33(25(9)10)19-30(22(3)4)20-34(36)26(11)12;;/h13-15,17-26H,1-12H3;;1H. The molecule has 0 amide bonds. The average molecular weight is 599 g/mol. The van der Waals surface area contributed by atoms with Crippen LogP contribution >= 0.6 is 0 Å². The van der Waals surface area contributed by atoms with Crippen LogP contribution in [0.2, 0.25) is 0 Å². The van der Waals surface area contributed by atoms with Gasteiger partial charge in [-0.1, -0.05) is 126 Å². The van der Waals surface area contributed by atoms with Gasteiger partial charge in [0.25, 0.3) is 0 Å². The van der Waals surface area contributed by atoms with E-state index in [1.807, 2.05) is 0 Å². The van der Waals surface area contributed by atoms with Gasteiger partial charge in [0.05, 0.1) is 0 Å². The van der Waals surface area contributed by atoms with Crippen molar-refractivity contribution in [3.8, 4) is 22.3 Å². The Morgan fingerprint density at radius 3 is 0.946 bits per heavy atom. The third-order valence-electron chi connectivity index (χ3n) is 7.60. The monoisotopic (exact) mass is 598 g/mol. The van der Waals surface area contributed by atoms with Gasteiger partial charge in [0.2, 0.25) is 0 Å². The van der Waals surface area contributed by atoms with Crippen LogP contribution < -0.4 is 0 Å². The van der Waals surface area contributed by atoms with Crippen LogP contribution in [0.4, 0.5) is 0 Å². The van der Waals surface area contributed by atoms with E-state index < -0.39 is 0 Å². The largest absolute Gasteiger partial charge is 0.0610 e. The predicted octanol–water partition coefficient (Wildman–Crippen LogP) is 11.4. The van der Waals surface area contributed by atoms with Gasteiger partial charge in [-0.15, -0.1) is 0 Å². The van der Waals surface area contributed by atoms with Crippen molar-refractivity contribution in [2.75, 3.05) is 0 Å². The SMILES string of the molecule is CC(C)c1cc(C(C)C)c(-c2[c]c(-c3c(C(C)C)cc(C(C)C)cc3C(C)C)ccc2)c(C(C)C)c1.[HH].[In]. The van der Waals surface area contributed by atoms with Crippen molar-refractivity contribution < 1.29 is 1.43 Å². The van der Waals surface area contributed by atoms with Crippen molar-refractivity contribution in [1.29, 1.82) is 0 Å². The van der Waals surface area contributed by atoms with Crippen molar-refractivity contribution >= 4 is 25.8 Å². The topological polar surface area (TPSA) is 0 Å². The Hall–Kier alpha value is -1.47. The molecule has 1 heteroatoms. The van der Waals surface area contributed by atoms with Gasteiger partial charge in [0.1, 0.15) is 0 Å². The zero-order valence-electron chi connectivity index (χ0n) is 25.6. The Labute approximate surface area is 249 Å². The molecule has 0 spiro atoms. The van der Waals surface area contributed by atoms with Crippen LogP contribution in [0.25, 0.3) is 22.3 Å². The predicted molar refractivity (Wildman–Crippen MR) is 169 cm³/mol. The molecule has 0 N–H and O–H groups in total. The molecule has 3 rings (SSSR count). The van der Waals surface area contributed by atoms with Gasteiger partial charge < -0.3 is 0 Å². The maximum atomic E-state index is 3.96. The van der Waals surface area contributed by atoms with Gasteiger partial charge in [-0.3, -0.25) is 0 Å². The van der Waals surface area contributed by atoms with E-state index in [0.29, 0.717) is 35.5 Å². The van der Waals surface area contributed by atoms with Crippen LogP contribution in [0.3, 0.4) is 0 Å². The van der Waals surface area contributed by atoms with Crippen molar-refractivity contribution in [1.82, 2.24) is 0 Å². The third kappa shape index (κ3) is 6.95. The summed E-state index contributed by atoms with van der Waals surface area (Å²) in [5.74, 6) is 2.86. The second-order valence-corrected chi connectivity index (χ2v) is 12.6. The van der Waals surface area contributed by atoms with Crippen LogP contribution in [0, 0.1) is 6.07 Å². The first-order chi connectivity index (χ1) is 16.8. The summed E-state index contributed by atoms with van der Waals surface area (Å²) in [6.45, 7) is 27.8. The molecule has 0 aromatic heterocycles. The van der Waals surface area contributed by atoms with Crippen LogP contribution in [-0.2, 0) is 0 Å². The molecule has 0 aliphatic carbocycles. The van der Waals surface area contributed by atoms with E-state index in [9.17, 15) is 0 Å². The van der Waals surface area contributed by atoms with Gasteiger partial charge in [-0.05, 0) is 97.2 Å². The van der Waals surface area contributed by atoms with Gasteiger partial charge in [-0.25, -0.2) is 0 Å².